The highest BCUT2D eigenvalue weighted by Crippen LogP contribution is 2.38. The van der Waals surface area contributed by atoms with Crippen LogP contribution in [0.4, 0.5) is 0 Å². The van der Waals surface area contributed by atoms with E-state index in [1.54, 1.807) is 12.1 Å². The van der Waals surface area contributed by atoms with Gasteiger partial charge in [0.2, 0.25) is 0 Å². The summed E-state index contributed by atoms with van der Waals surface area (Å²) in [6.45, 7) is 11.9. The molecule has 12 nitrogen and oxygen atoms in total. The van der Waals surface area contributed by atoms with Gasteiger partial charge in [0.05, 0.1) is 59.3 Å². The van der Waals surface area contributed by atoms with Crippen LogP contribution in [0, 0.1) is 0 Å². The van der Waals surface area contributed by atoms with Gasteiger partial charge in [0, 0.05) is 21.8 Å². The van der Waals surface area contributed by atoms with Gasteiger partial charge in [-0.1, -0.05) is 32.9 Å². The molecule has 6 aromatic heterocycles. The number of hydrogen-bond donors (Lipinski definition) is 5. The fraction of sp³-hybridized carbons (Fsp3) is 0.263. The normalized spacial score (nSPS) is 12.2. The van der Waals surface area contributed by atoms with E-state index in [0.29, 0.717) is 16.4 Å². The van der Waals surface area contributed by atoms with Crippen molar-refractivity contribution in [2.45, 2.75) is 52.1 Å². The Morgan fingerprint density at radius 2 is 1.19 bits per heavy atom. The lowest BCUT2D eigenvalue weighted by Gasteiger charge is -2.36. The molecular weight excluding hydrogens is 729 g/mol. The average molecular weight is 769 g/mol. The summed E-state index contributed by atoms with van der Waals surface area (Å²) in [5.74, 6) is -0.687. The van der Waals surface area contributed by atoms with E-state index in [2.05, 4.69) is 88.5 Å². The summed E-state index contributed by atoms with van der Waals surface area (Å²) < 4.78 is 17.8. The van der Waals surface area contributed by atoms with Gasteiger partial charge in [-0.05, 0) is 77.8 Å². The molecule has 8 rings (SSSR count). The highest BCUT2D eigenvalue weighted by atomic mass is 32.1. The SMILES string of the molecule is COC(=O)c1cc2[nH]nc(-c3cc4cc(CO)ccc4[nH]3)c2s1.COC(=O)c1cc2[nH]nc(-c3cc4cc(CO[Si](C)(C)C(C)(C)C)ccc4[nH]3)c2s1. The number of aliphatic hydroxyl groups excluding tert-OH is 1. The number of rotatable bonds is 8. The summed E-state index contributed by atoms with van der Waals surface area (Å²) in [5.41, 5.74) is 9.02. The summed E-state index contributed by atoms with van der Waals surface area (Å²) in [5, 5.41) is 26.3. The molecule has 2 aromatic carbocycles. The van der Waals surface area contributed by atoms with Crippen molar-refractivity contribution in [3.05, 3.63) is 81.5 Å². The number of thiophene rings is 2. The number of nitrogens with one attached hydrogen (secondary N) is 4. The predicted molar refractivity (Wildman–Crippen MR) is 213 cm³/mol. The van der Waals surface area contributed by atoms with E-state index in [0.717, 1.165) is 76.1 Å². The Balaban J connectivity index is 0.000000170. The van der Waals surface area contributed by atoms with E-state index < -0.39 is 8.32 Å². The lowest BCUT2D eigenvalue weighted by Crippen LogP contribution is -2.40. The number of fused-ring (bicyclic) bond motifs is 4. The van der Waals surface area contributed by atoms with E-state index in [9.17, 15) is 14.7 Å². The molecule has 8 aromatic rings. The molecule has 0 aliphatic heterocycles. The zero-order chi connectivity index (χ0) is 37.7. The van der Waals surface area contributed by atoms with Crippen molar-refractivity contribution in [2.75, 3.05) is 14.2 Å². The first-order chi connectivity index (χ1) is 25.3. The van der Waals surface area contributed by atoms with Crippen LogP contribution in [0.25, 0.3) is 65.0 Å². The number of hydrogen-bond acceptors (Lipinski definition) is 10. The zero-order valence-corrected chi connectivity index (χ0v) is 33.0. The summed E-state index contributed by atoms with van der Waals surface area (Å²) in [4.78, 5) is 31.4. The first kappa shape index (κ1) is 36.3. The van der Waals surface area contributed by atoms with Gasteiger partial charge in [-0.3, -0.25) is 10.2 Å². The maximum Gasteiger partial charge on any atom is 0.348 e. The second kappa shape index (κ2) is 14.1. The van der Waals surface area contributed by atoms with Gasteiger partial charge < -0.3 is 29.0 Å². The Kier molecular flexibility index (Phi) is 9.63. The monoisotopic (exact) mass is 768 g/mol. The van der Waals surface area contributed by atoms with Crippen LogP contribution in [-0.2, 0) is 27.1 Å². The molecule has 0 aliphatic carbocycles. The predicted octanol–water partition coefficient (Wildman–Crippen LogP) is 9.13. The molecule has 15 heteroatoms. The number of aromatic amines is 4. The lowest BCUT2D eigenvalue weighted by molar-refractivity contribution is 0.0597. The molecule has 0 saturated carbocycles. The van der Waals surface area contributed by atoms with E-state index in [1.165, 1.54) is 36.9 Å². The first-order valence-electron chi connectivity index (χ1n) is 16.9. The third-order valence-electron chi connectivity index (χ3n) is 9.71. The summed E-state index contributed by atoms with van der Waals surface area (Å²) in [6, 6.07) is 19.7. The van der Waals surface area contributed by atoms with Gasteiger partial charge in [0.1, 0.15) is 21.1 Å². The Bertz CT molecular complexity index is 2620. The topological polar surface area (TPSA) is 171 Å². The van der Waals surface area contributed by atoms with Gasteiger partial charge in [0.25, 0.3) is 0 Å². The number of benzene rings is 2. The van der Waals surface area contributed by atoms with Crippen LogP contribution >= 0.6 is 22.7 Å². The van der Waals surface area contributed by atoms with Gasteiger partial charge >= 0.3 is 11.9 Å². The molecule has 0 unspecified atom stereocenters. The molecule has 0 aliphatic rings. The van der Waals surface area contributed by atoms with Crippen molar-refractivity contribution in [1.29, 1.82) is 0 Å². The Labute approximate surface area is 313 Å². The average Bonchev–Trinajstić information content (AvgIpc) is 3.98. The molecule has 0 amide bonds. The molecule has 6 heterocycles. The fourth-order valence-corrected chi connectivity index (χ4v) is 8.71. The Morgan fingerprint density at radius 1 is 0.717 bits per heavy atom. The number of H-pyrrole nitrogens is 4. The molecule has 53 heavy (non-hydrogen) atoms. The number of aromatic nitrogens is 6. The number of nitrogens with zero attached hydrogens (tertiary/aromatic N) is 2. The molecule has 5 N–H and O–H groups in total. The lowest BCUT2D eigenvalue weighted by atomic mass is 10.1. The van der Waals surface area contributed by atoms with E-state index in [-0.39, 0.29) is 23.6 Å². The third kappa shape index (κ3) is 7.05. The number of carbonyl (C=O) groups is 2. The largest absolute Gasteiger partial charge is 0.465 e. The minimum absolute atomic E-state index is 0.0104. The molecule has 0 saturated heterocycles. The van der Waals surface area contributed by atoms with Crippen molar-refractivity contribution in [3.8, 4) is 22.8 Å². The van der Waals surface area contributed by atoms with Crippen LogP contribution in [0.5, 0.6) is 0 Å². The summed E-state index contributed by atoms with van der Waals surface area (Å²) in [6.07, 6.45) is 0. The van der Waals surface area contributed by atoms with Crippen molar-refractivity contribution < 1.29 is 28.6 Å². The quantitative estimate of drug-likeness (QED) is 0.0753. The van der Waals surface area contributed by atoms with E-state index in [4.69, 9.17) is 13.9 Å². The molecular formula is C38H40N6O6S2Si. The van der Waals surface area contributed by atoms with Gasteiger partial charge in [-0.2, -0.15) is 10.2 Å². The van der Waals surface area contributed by atoms with E-state index >= 15 is 0 Å². The van der Waals surface area contributed by atoms with Crippen molar-refractivity contribution in [1.82, 2.24) is 30.4 Å². The number of ether oxygens (including phenoxy) is 2. The maximum absolute atomic E-state index is 11.8. The van der Waals surface area contributed by atoms with Gasteiger partial charge in [-0.25, -0.2) is 9.59 Å². The smallest absolute Gasteiger partial charge is 0.348 e. The van der Waals surface area contributed by atoms with Crippen molar-refractivity contribution in [2.24, 2.45) is 0 Å². The van der Waals surface area contributed by atoms with E-state index in [1.807, 2.05) is 24.3 Å². The molecule has 0 atom stereocenters. The van der Waals surface area contributed by atoms with Crippen molar-refractivity contribution >= 4 is 85.2 Å². The third-order valence-corrected chi connectivity index (χ3v) is 16.4. The van der Waals surface area contributed by atoms with Crippen LogP contribution in [0.3, 0.4) is 0 Å². The summed E-state index contributed by atoms with van der Waals surface area (Å²) >= 11 is 2.73. The zero-order valence-electron chi connectivity index (χ0n) is 30.4. The number of aliphatic hydroxyl groups is 1. The van der Waals surface area contributed by atoms with Crippen molar-refractivity contribution in [3.63, 3.8) is 0 Å². The second-order valence-electron chi connectivity index (χ2n) is 14.3. The number of esters is 2. The minimum Gasteiger partial charge on any atom is -0.465 e. The van der Waals surface area contributed by atoms with Crippen LogP contribution in [0.2, 0.25) is 18.1 Å². The van der Waals surface area contributed by atoms with Crippen LogP contribution in [0.1, 0.15) is 51.2 Å². The molecule has 0 radical (unpaired) electrons. The highest BCUT2D eigenvalue weighted by Gasteiger charge is 2.37. The minimum atomic E-state index is -1.79. The van der Waals surface area contributed by atoms with Gasteiger partial charge in [0.15, 0.2) is 8.32 Å². The molecule has 274 valence electrons. The highest BCUT2D eigenvalue weighted by molar-refractivity contribution is 7.21. The maximum atomic E-state index is 11.8. The Hall–Kier alpha value is -5.06. The summed E-state index contributed by atoms with van der Waals surface area (Å²) in [7, 11) is 0.963. The molecule has 0 bridgehead atoms. The number of methoxy groups -OCH3 is 2. The number of carbonyl (C=O) groups excluding carboxylic acids is 2. The molecule has 0 fully saturated rings. The molecule has 0 spiro atoms. The first-order valence-corrected chi connectivity index (χ1v) is 21.4. The van der Waals surface area contributed by atoms with Crippen LogP contribution in [-0.4, -0.2) is 69.9 Å². The second-order valence-corrected chi connectivity index (χ2v) is 21.2. The fourth-order valence-electron chi connectivity index (χ4n) is 5.69. The van der Waals surface area contributed by atoms with Gasteiger partial charge in [-0.15, -0.1) is 22.7 Å². The standard InChI is InChI=1S/C22H27N3O3SSi.C16H13N3O3S/c1-22(2,3)30(5,6)28-12-13-7-8-15-14(9-13)10-16(23-15)19-20-17(24-25-19)11-18(29-20)21(26)27-4;1-22-16(21)13-6-12-15(23-13)14(19-18-12)11-5-9-4-8(7-20)2-3-10(9)17-11/h7-11,23H,12H2,1-6H3,(H,24,25);2-6,17,20H,7H2,1H3,(H,18,19). The Morgan fingerprint density at radius 3 is 1.64 bits per heavy atom. The van der Waals surface area contributed by atoms with Crippen LogP contribution < -0.4 is 0 Å². The van der Waals surface area contributed by atoms with Crippen LogP contribution in [0.15, 0.2) is 60.7 Å².